The van der Waals surface area contributed by atoms with Gasteiger partial charge in [0.05, 0.1) is 12.1 Å². The van der Waals surface area contributed by atoms with Crippen molar-refractivity contribution in [2.24, 2.45) is 0 Å². The lowest BCUT2D eigenvalue weighted by atomic mass is 10.2. The maximum atomic E-state index is 5.49. The molecule has 0 fully saturated rings. The maximum absolute atomic E-state index is 5.49. The summed E-state index contributed by atoms with van der Waals surface area (Å²) < 4.78 is 10.6. The van der Waals surface area contributed by atoms with E-state index in [0.29, 0.717) is 11.8 Å². The Balaban J connectivity index is 2.46. The van der Waals surface area contributed by atoms with Crippen molar-refractivity contribution in [3.63, 3.8) is 0 Å². The Kier molecular flexibility index (Phi) is 4.71. The Morgan fingerprint density at radius 3 is 2.73 bits per heavy atom. The number of hydrogen-bond donors (Lipinski definition) is 1. The molecule has 2 atom stereocenters. The minimum absolute atomic E-state index is 0.103. The highest BCUT2D eigenvalue weighted by molar-refractivity contribution is 4.87. The fraction of sp³-hybridized carbons (Fsp3) is 0.800. The summed E-state index contributed by atoms with van der Waals surface area (Å²) in [5.74, 6) is 1.31. The molecule has 0 spiro atoms. The Morgan fingerprint density at radius 1 is 1.40 bits per heavy atom. The van der Waals surface area contributed by atoms with Crippen LogP contribution in [0.4, 0.5) is 0 Å². The van der Waals surface area contributed by atoms with Crippen molar-refractivity contribution in [1.29, 1.82) is 0 Å². The van der Waals surface area contributed by atoms with E-state index in [1.165, 1.54) is 0 Å². The van der Waals surface area contributed by atoms with Crippen LogP contribution in [-0.4, -0.2) is 30.5 Å². The van der Waals surface area contributed by atoms with Crippen LogP contribution in [0.25, 0.3) is 0 Å². The molecular formula is C10H19N3O2. The van der Waals surface area contributed by atoms with Crippen molar-refractivity contribution < 1.29 is 9.15 Å². The second-order valence-corrected chi connectivity index (χ2v) is 3.63. The monoisotopic (exact) mass is 213 g/mol. The molecule has 5 heteroatoms. The van der Waals surface area contributed by atoms with E-state index in [4.69, 9.17) is 9.15 Å². The van der Waals surface area contributed by atoms with Crippen molar-refractivity contribution in [3.05, 3.63) is 11.8 Å². The van der Waals surface area contributed by atoms with Crippen LogP contribution >= 0.6 is 0 Å². The van der Waals surface area contributed by atoms with Crippen molar-refractivity contribution in [1.82, 2.24) is 15.5 Å². The topological polar surface area (TPSA) is 60.2 Å². The van der Waals surface area contributed by atoms with E-state index in [9.17, 15) is 0 Å². The highest BCUT2D eigenvalue weighted by Gasteiger charge is 2.12. The number of hydrogen-bond acceptors (Lipinski definition) is 5. The molecule has 0 amide bonds. The molecule has 0 radical (unpaired) electrons. The second-order valence-electron chi connectivity index (χ2n) is 3.63. The van der Waals surface area contributed by atoms with Gasteiger partial charge in [-0.05, 0) is 27.3 Å². The average molecular weight is 213 g/mol. The number of aryl methyl sites for hydroxylation is 1. The first-order chi connectivity index (χ1) is 7.17. The van der Waals surface area contributed by atoms with Crippen LogP contribution in [0.15, 0.2) is 4.42 Å². The number of aromatic nitrogens is 2. The zero-order valence-corrected chi connectivity index (χ0v) is 9.78. The maximum Gasteiger partial charge on any atom is 0.233 e. The van der Waals surface area contributed by atoms with Crippen molar-refractivity contribution in [2.45, 2.75) is 38.8 Å². The predicted molar refractivity (Wildman–Crippen MR) is 56.6 cm³/mol. The lowest BCUT2D eigenvalue weighted by Gasteiger charge is -2.06. The molecule has 15 heavy (non-hydrogen) atoms. The van der Waals surface area contributed by atoms with E-state index >= 15 is 0 Å². The summed E-state index contributed by atoms with van der Waals surface area (Å²) in [4.78, 5) is 0. The van der Waals surface area contributed by atoms with Gasteiger partial charge in [0.25, 0.3) is 0 Å². The summed E-state index contributed by atoms with van der Waals surface area (Å²) in [6.45, 7) is 4.00. The SMILES string of the molecule is CNC(C)c1nnc(CCC(C)OC)o1. The van der Waals surface area contributed by atoms with Crippen LogP contribution in [-0.2, 0) is 11.2 Å². The highest BCUT2D eigenvalue weighted by Crippen LogP contribution is 2.11. The molecule has 0 saturated heterocycles. The first-order valence-corrected chi connectivity index (χ1v) is 5.19. The van der Waals surface area contributed by atoms with Crippen LogP contribution in [0, 0.1) is 0 Å². The zero-order valence-electron chi connectivity index (χ0n) is 9.78. The van der Waals surface area contributed by atoms with Gasteiger partial charge in [-0.1, -0.05) is 0 Å². The van der Waals surface area contributed by atoms with E-state index < -0.39 is 0 Å². The predicted octanol–water partition coefficient (Wildman–Crippen LogP) is 1.32. The Morgan fingerprint density at radius 2 is 2.13 bits per heavy atom. The number of ether oxygens (including phenoxy) is 1. The van der Waals surface area contributed by atoms with E-state index in [-0.39, 0.29) is 12.1 Å². The molecule has 0 aliphatic carbocycles. The summed E-state index contributed by atoms with van der Waals surface area (Å²) in [5, 5.41) is 11.0. The number of methoxy groups -OCH3 is 1. The summed E-state index contributed by atoms with van der Waals surface area (Å²) in [7, 11) is 3.56. The molecule has 5 nitrogen and oxygen atoms in total. The fourth-order valence-electron chi connectivity index (χ4n) is 1.11. The summed E-state index contributed by atoms with van der Waals surface area (Å²) in [6, 6.07) is 0.103. The molecule has 1 aromatic rings. The van der Waals surface area contributed by atoms with Gasteiger partial charge in [0.1, 0.15) is 0 Å². The lowest BCUT2D eigenvalue weighted by molar-refractivity contribution is 0.109. The second kappa shape index (κ2) is 5.82. The largest absolute Gasteiger partial charge is 0.424 e. The molecule has 1 heterocycles. The molecule has 0 saturated carbocycles. The van der Waals surface area contributed by atoms with Gasteiger partial charge in [-0.15, -0.1) is 10.2 Å². The van der Waals surface area contributed by atoms with Crippen molar-refractivity contribution >= 4 is 0 Å². The van der Waals surface area contributed by atoms with Crippen LogP contribution in [0.2, 0.25) is 0 Å². The summed E-state index contributed by atoms with van der Waals surface area (Å²) in [5.41, 5.74) is 0. The molecular weight excluding hydrogens is 194 g/mol. The molecule has 1 aromatic heterocycles. The third-order valence-corrected chi connectivity index (χ3v) is 2.45. The van der Waals surface area contributed by atoms with Gasteiger partial charge in [-0.25, -0.2) is 0 Å². The van der Waals surface area contributed by atoms with Crippen molar-refractivity contribution in [3.8, 4) is 0 Å². The van der Waals surface area contributed by atoms with Gasteiger partial charge in [0.15, 0.2) is 0 Å². The number of nitrogens with zero attached hydrogens (tertiary/aromatic N) is 2. The molecule has 1 rings (SSSR count). The smallest absolute Gasteiger partial charge is 0.233 e. The molecule has 0 bridgehead atoms. The molecule has 86 valence electrons. The molecule has 0 aliphatic rings. The van der Waals surface area contributed by atoms with E-state index in [2.05, 4.69) is 15.5 Å². The Labute approximate surface area is 90.2 Å². The molecule has 2 unspecified atom stereocenters. The third-order valence-electron chi connectivity index (χ3n) is 2.45. The van der Waals surface area contributed by atoms with Gasteiger partial charge in [-0.2, -0.15) is 0 Å². The molecule has 1 N–H and O–H groups in total. The summed E-state index contributed by atoms with van der Waals surface area (Å²) in [6.07, 6.45) is 1.88. The first kappa shape index (κ1) is 12.1. The van der Waals surface area contributed by atoms with Gasteiger partial charge >= 0.3 is 0 Å². The average Bonchev–Trinajstić information content (AvgIpc) is 2.73. The van der Waals surface area contributed by atoms with Crippen LogP contribution in [0.5, 0.6) is 0 Å². The van der Waals surface area contributed by atoms with Crippen LogP contribution < -0.4 is 5.32 Å². The number of rotatable bonds is 6. The molecule has 0 aliphatic heterocycles. The minimum atomic E-state index is 0.103. The number of nitrogens with one attached hydrogen (secondary N) is 1. The normalized spacial score (nSPS) is 15.2. The standard InChI is InChI=1S/C10H19N3O2/c1-7(14-4)5-6-9-12-13-10(15-9)8(2)11-3/h7-8,11H,5-6H2,1-4H3. The molecule has 0 aromatic carbocycles. The van der Waals surface area contributed by atoms with E-state index in [0.717, 1.165) is 12.8 Å². The van der Waals surface area contributed by atoms with Gasteiger partial charge < -0.3 is 14.5 Å². The first-order valence-electron chi connectivity index (χ1n) is 5.19. The van der Waals surface area contributed by atoms with Crippen LogP contribution in [0.3, 0.4) is 0 Å². The van der Waals surface area contributed by atoms with Gasteiger partial charge in [0.2, 0.25) is 11.8 Å². The van der Waals surface area contributed by atoms with Gasteiger partial charge in [-0.3, -0.25) is 0 Å². The van der Waals surface area contributed by atoms with Crippen molar-refractivity contribution in [2.75, 3.05) is 14.2 Å². The minimum Gasteiger partial charge on any atom is -0.424 e. The Bertz CT molecular complexity index is 288. The highest BCUT2D eigenvalue weighted by atomic mass is 16.5. The van der Waals surface area contributed by atoms with E-state index in [1.807, 2.05) is 20.9 Å². The summed E-state index contributed by atoms with van der Waals surface area (Å²) >= 11 is 0. The van der Waals surface area contributed by atoms with E-state index in [1.54, 1.807) is 7.11 Å². The van der Waals surface area contributed by atoms with Crippen LogP contribution in [0.1, 0.15) is 38.1 Å². The zero-order chi connectivity index (χ0) is 11.3. The van der Waals surface area contributed by atoms with Gasteiger partial charge in [0, 0.05) is 13.5 Å². The lowest BCUT2D eigenvalue weighted by Crippen LogP contribution is -2.12. The Hall–Kier alpha value is -0.940. The fourth-order valence-corrected chi connectivity index (χ4v) is 1.11. The quantitative estimate of drug-likeness (QED) is 0.772. The third kappa shape index (κ3) is 3.60.